The smallest absolute Gasteiger partial charge is 0.251 e. The Morgan fingerprint density at radius 3 is 2.79 bits per heavy atom. The molecule has 5 nitrogen and oxygen atoms in total. The molecule has 2 aromatic rings. The van der Waals surface area contributed by atoms with Gasteiger partial charge in [-0.15, -0.1) is 11.3 Å². The number of nitrogens with one attached hydrogen (secondary N) is 2. The molecule has 2 amide bonds. The van der Waals surface area contributed by atoms with E-state index in [2.05, 4.69) is 17.6 Å². The molecule has 152 valence electrons. The van der Waals surface area contributed by atoms with Crippen molar-refractivity contribution in [2.75, 3.05) is 5.32 Å². The van der Waals surface area contributed by atoms with Crippen molar-refractivity contribution >= 4 is 74.8 Å². The number of anilines is 1. The minimum Gasteiger partial charge on any atom is -0.365 e. The lowest BCUT2D eigenvalue weighted by Crippen LogP contribution is -2.33. The van der Waals surface area contributed by atoms with Gasteiger partial charge < -0.3 is 11.1 Å². The second-order valence-corrected chi connectivity index (χ2v) is 9.22. The van der Waals surface area contributed by atoms with Gasteiger partial charge in [-0.25, -0.2) is 0 Å². The zero-order valence-corrected chi connectivity index (χ0v) is 18.7. The number of carbonyl (C=O) groups excluding carboxylic acids is 2. The minimum absolute atomic E-state index is 0.0935. The molecule has 0 aliphatic heterocycles. The predicted molar refractivity (Wildman–Crippen MR) is 124 cm³/mol. The molecule has 0 saturated carbocycles. The summed E-state index contributed by atoms with van der Waals surface area (Å²) < 4.78 is 0. The van der Waals surface area contributed by atoms with Crippen LogP contribution < -0.4 is 16.4 Å². The molecule has 1 aromatic heterocycles. The highest BCUT2D eigenvalue weighted by molar-refractivity contribution is 7.80. The first-order chi connectivity index (χ1) is 13.7. The first kappa shape index (κ1) is 21.8. The number of hydrogen-bond donors (Lipinski definition) is 3. The fourth-order valence-corrected chi connectivity index (χ4v) is 5.35. The maximum absolute atomic E-state index is 12.2. The SMILES string of the molecule is CC1CCc2c(sc(NC(=S)NC(=O)/C=C/c3ccc(Cl)cc3Cl)c2C(N)=O)C1. The van der Waals surface area contributed by atoms with Crippen LogP contribution >= 0.6 is 46.8 Å². The van der Waals surface area contributed by atoms with Crippen LogP contribution in [0.4, 0.5) is 5.00 Å². The zero-order valence-electron chi connectivity index (χ0n) is 15.6. The van der Waals surface area contributed by atoms with Gasteiger partial charge in [0.1, 0.15) is 5.00 Å². The fraction of sp³-hybridized carbons (Fsp3) is 0.250. The minimum atomic E-state index is -0.494. The number of amides is 2. The highest BCUT2D eigenvalue weighted by Gasteiger charge is 2.26. The topological polar surface area (TPSA) is 84.2 Å². The molecule has 1 aliphatic rings. The first-order valence-corrected chi connectivity index (χ1v) is 10.9. The van der Waals surface area contributed by atoms with Crippen molar-refractivity contribution in [3.8, 4) is 0 Å². The maximum atomic E-state index is 12.2. The van der Waals surface area contributed by atoms with Gasteiger partial charge in [0.2, 0.25) is 5.91 Å². The third kappa shape index (κ3) is 5.36. The summed E-state index contributed by atoms with van der Waals surface area (Å²) in [6.07, 6.45) is 5.63. The van der Waals surface area contributed by atoms with E-state index in [1.165, 1.54) is 17.4 Å². The molecule has 0 fully saturated rings. The highest BCUT2D eigenvalue weighted by Crippen LogP contribution is 2.39. The summed E-state index contributed by atoms with van der Waals surface area (Å²) >= 11 is 18.6. The van der Waals surface area contributed by atoms with Crippen molar-refractivity contribution in [2.24, 2.45) is 11.7 Å². The summed E-state index contributed by atoms with van der Waals surface area (Å²) in [5, 5.41) is 7.14. The Hall–Kier alpha value is -1.93. The van der Waals surface area contributed by atoms with E-state index in [-0.39, 0.29) is 5.11 Å². The molecular formula is C20H19Cl2N3O2S2. The van der Waals surface area contributed by atoms with Crippen LogP contribution in [0.15, 0.2) is 24.3 Å². The normalized spacial score (nSPS) is 15.8. The molecule has 0 spiro atoms. The summed E-state index contributed by atoms with van der Waals surface area (Å²) in [5.41, 5.74) is 7.71. The molecular weight excluding hydrogens is 449 g/mol. The molecule has 3 rings (SSSR count). The zero-order chi connectivity index (χ0) is 21.1. The molecule has 0 bridgehead atoms. The van der Waals surface area contributed by atoms with Gasteiger partial charge >= 0.3 is 0 Å². The maximum Gasteiger partial charge on any atom is 0.251 e. The van der Waals surface area contributed by atoms with Crippen LogP contribution in [0.3, 0.4) is 0 Å². The Labute approximate surface area is 188 Å². The Morgan fingerprint density at radius 2 is 2.10 bits per heavy atom. The van der Waals surface area contributed by atoms with Crippen molar-refractivity contribution in [1.82, 2.24) is 5.32 Å². The van der Waals surface area contributed by atoms with Crippen molar-refractivity contribution in [3.05, 3.63) is 55.9 Å². The fourth-order valence-electron chi connectivity index (χ4n) is 3.19. The second kappa shape index (κ2) is 9.26. The lowest BCUT2D eigenvalue weighted by Gasteiger charge is -2.18. The van der Waals surface area contributed by atoms with E-state index in [0.717, 1.165) is 29.7 Å². The molecule has 1 heterocycles. The number of primary amides is 1. The number of thiophene rings is 1. The Kier molecular flexibility index (Phi) is 6.95. The molecule has 0 saturated heterocycles. The van der Waals surface area contributed by atoms with Crippen LogP contribution in [-0.2, 0) is 17.6 Å². The third-order valence-electron chi connectivity index (χ3n) is 4.60. The van der Waals surface area contributed by atoms with Crippen LogP contribution in [0, 0.1) is 5.92 Å². The standard InChI is InChI=1S/C20H19Cl2N3O2S2/c1-10-2-6-13-15(8-10)29-19(17(13)18(23)27)25-20(28)24-16(26)7-4-11-3-5-12(21)9-14(11)22/h3-5,7,9-10H,2,6,8H2,1H3,(H2,23,27)(H2,24,25,26,28)/b7-4+. The average Bonchev–Trinajstić information content (AvgIpc) is 2.97. The molecule has 1 atom stereocenters. The number of rotatable bonds is 4. The van der Waals surface area contributed by atoms with Gasteiger partial charge in [0.25, 0.3) is 5.91 Å². The number of thiocarbonyl (C=S) groups is 1. The Bertz CT molecular complexity index is 1020. The second-order valence-electron chi connectivity index (χ2n) is 6.86. The van der Waals surface area contributed by atoms with Crippen molar-refractivity contribution in [1.29, 1.82) is 0 Å². The van der Waals surface area contributed by atoms with E-state index >= 15 is 0 Å². The highest BCUT2D eigenvalue weighted by atomic mass is 35.5. The van der Waals surface area contributed by atoms with E-state index in [4.69, 9.17) is 41.2 Å². The lowest BCUT2D eigenvalue weighted by atomic mass is 9.88. The monoisotopic (exact) mass is 467 g/mol. The van der Waals surface area contributed by atoms with Gasteiger partial charge in [0, 0.05) is 21.0 Å². The average molecular weight is 468 g/mol. The summed E-state index contributed by atoms with van der Waals surface area (Å²) in [4.78, 5) is 25.3. The van der Waals surface area contributed by atoms with Gasteiger partial charge in [-0.3, -0.25) is 14.9 Å². The molecule has 4 N–H and O–H groups in total. The molecule has 1 aromatic carbocycles. The quantitative estimate of drug-likeness (QED) is 0.445. The van der Waals surface area contributed by atoms with Gasteiger partial charge in [-0.2, -0.15) is 0 Å². The molecule has 0 radical (unpaired) electrons. The van der Waals surface area contributed by atoms with Crippen LogP contribution in [-0.4, -0.2) is 16.9 Å². The number of benzene rings is 1. The molecule has 9 heteroatoms. The van der Waals surface area contributed by atoms with E-state index in [1.54, 1.807) is 24.3 Å². The number of nitrogens with two attached hydrogens (primary N) is 1. The van der Waals surface area contributed by atoms with E-state index in [0.29, 0.717) is 32.1 Å². The molecule has 1 unspecified atom stereocenters. The summed E-state index contributed by atoms with van der Waals surface area (Å²) in [7, 11) is 0. The lowest BCUT2D eigenvalue weighted by molar-refractivity contribution is -0.115. The number of carbonyl (C=O) groups is 2. The van der Waals surface area contributed by atoms with Gasteiger partial charge in [-0.1, -0.05) is 36.2 Å². The van der Waals surface area contributed by atoms with Crippen LogP contribution in [0.5, 0.6) is 0 Å². The largest absolute Gasteiger partial charge is 0.365 e. The van der Waals surface area contributed by atoms with Crippen LogP contribution in [0.1, 0.15) is 39.7 Å². The van der Waals surface area contributed by atoms with Gasteiger partial charge in [0.15, 0.2) is 5.11 Å². The van der Waals surface area contributed by atoms with E-state index in [9.17, 15) is 9.59 Å². The summed E-state index contributed by atoms with van der Waals surface area (Å²) in [6, 6.07) is 4.99. The Morgan fingerprint density at radius 1 is 1.34 bits per heavy atom. The van der Waals surface area contributed by atoms with Crippen molar-refractivity contribution in [3.63, 3.8) is 0 Å². The van der Waals surface area contributed by atoms with E-state index in [1.807, 2.05) is 0 Å². The van der Waals surface area contributed by atoms with Gasteiger partial charge in [-0.05, 0) is 66.7 Å². The molecule has 29 heavy (non-hydrogen) atoms. The predicted octanol–water partition coefficient (Wildman–Crippen LogP) is 4.81. The van der Waals surface area contributed by atoms with Crippen molar-refractivity contribution < 1.29 is 9.59 Å². The summed E-state index contributed by atoms with van der Waals surface area (Å²) in [5.74, 6) is -0.360. The first-order valence-electron chi connectivity index (χ1n) is 8.94. The van der Waals surface area contributed by atoms with Crippen LogP contribution in [0.2, 0.25) is 10.0 Å². The van der Waals surface area contributed by atoms with Gasteiger partial charge in [0.05, 0.1) is 5.56 Å². The van der Waals surface area contributed by atoms with Crippen LogP contribution in [0.25, 0.3) is 6.08 Å². The number of fused-ring (bicyclic) bond motifs is 1. The van der Waals surface area contributed by atoms with Crippen molar-refractivity contribution in [2.45, 2.75) is 26.2 Å². The number of hydrogen-bond acceptors (Lipinski definition) is 4. The Balaban J connectivity index is 1.68. The number of halogens is 2. The molecule has 1 aliphatic carbocycles. The third-order valence-corrected chi connectivity index (χ3v) is 6.53. The van der Waals surface area contributed by atoms with E-state index < -0.39 is 11.8 Å². The summed E-state index contributed by atoms with van der Waals surface area (Å²) in [6.45, 7) is 2.18.